The van der Waals surface area contributed by atoms with Crippen LogP contribution in [0.1, 0.15) is 29.4 Å². The van der Waals surface area contributed by atoms with Gasteiger partial charge in [0, 0.05) is 19.1 Å². The summed E-state index contributed by atoms with van der Waals surface area (Å²) in [5, 5.41) is 7.83. The molecule has 0 spiro atoms. The predicted octanol–water partition coefficient (Wildman–Crippen LogP) is 1.50. The summed E-state index contributed by atoms with van der Waals surface area (Å²) in [6, 6.07) is 3.46. The second-order valence-corrected chi connectivity index (χ2v) is 6.03. The van der Waals surface area contributed by atoms with Gasteiger partial charge in [-0.1, -0.05) is 6.07 Å². The normalized spacial score (nSPS) is 19.5. The Bertz CT molecular complexity index is 467. The highest BCUT2D eigenvalue weighted by atomic mass is 35.5. The van der Waals surface area contributed by atoms with E-state index in [9.17, 15) is 9.59 Å². The second-order valence-electron chi connectivity index (χ2n) is 5.08. The third-order valence-electron chi connectivity index (χ3n) is 3.60. The molecule has 118 valence electrons. The third kappa shape index (κ3) is 4.69. The number of nitrogens with one attached hydrogen (secondary N) is 2. The summed E-state index contributed by atoms with van der Waals surface area (Å²) >= 11 is 1.38. The topological polar surface area (TPSA) is 61.4 Å². The van der Waals surface area contributed by atoms with E-state index in [0.29, 0.717) is 17.5 Å². The smallest absolute Gasteiger partial charge is 0.261 e. The molecule has 1 aliphatic heterocycles. The van der Waals surface area contributed by atoms with Crippen LogP contribution in [-0.2, 0) is 4.79 Å². The molecule has 0 bridgehead atoms. The minimum absolute atomic E-state index is 0. The molecule has 2 rings (SSSR count). The molecule has 0 radical (unpaired) electrons. The van der Waals surface area contributed by atoms with Gasteiger partial charge < -0.3 is 15.5 Å². The van der Waals surface area contributed by atoms with E-state index in [1.807, 2.05) is 23.4 Å². The highest BCUT2D eigenvalue weighted by Crippen LogP contribution is 2.12. The maximum atomic E-state index is 12.4. The number of piperidine rings is 1. The lowest BCUT2D eigenvalue weighted by atomic mass is 10.1. The number of halogens is 1. The molecule has 1 aromatic heterocycles. The van der Waals surface area contributed by atoms with E-state index >= 15 is 0 Å². The largest absolute Gasteiger partial charge is 0.340 e. The zero-order chi connectivity index (χ0) is 14.5. The molecular formula is C14H22ClN3O2S. The molecule has 2 amide bonds. The van der Waals surface area contributed by atoms with Gasteiger partial charge in [-0.15, -0.1) is 23.7 Å². The lowest BCUT2D eigenvalue weighted by Gasteiger charge is -2.34. The van der Waals surface area contributed by atoms with Crippen molar-refractivity contribution in [2.24, 2.45) is 0 Å². The summed E-state index contributed by atoms with van der Waals surface area (Å²) in [6.45, 7) is 3.24. The van der Waals surface area contributed by atoms with Crippen LogP contribution < -0.4 is 10.6 Å². The number of carbonyl (C=O) groups excluding carboxylic acids is 2. The van der Waals surface area contributed by atoms with Gasteiger partial charge in [-0.05, 0) is 38.3 Å². The quantitative estimate of drug-likeness (QED) is 0.879. The van der Waals surface area contributed by atoms with Gasteiger partial charge in [0.25, 0.3) is 5.91 Å². The standard InChI is InChI=1S/C14H21N3O2S.ClH/c1-10(16-13(18)12-6-4-8-20-12)14(19)17-7-3-5-11(9-17)15-2;/h4,6,8,10-11,15H,3,5,7,9H2,1-2H3,(H,16,18);1H. The Hall–Kier alpha value is -1.11. The molecule has 7 heteroatoms. The van der Waals surface area contributed by atoms with Crippen LogP contribution in [0.15, 0.2) is 17.5 Å². The van der Waals surface area contributed by atoms with Crippen molar-refractivity contribution in [2.45, 2.75) is 31.8 Å². The lowest BCUT2D eigenvalue weighted by Crippen LogP contribution is -2.53. The van der Waals surface area contributed by atoms with Gasteiger partial charge in [0.05, 0.1) is 4.88 Å². The van der Waals surface area contributed by atoms with Gasteiger partial charge in [-0.2, -0.15) is 0 Å². The highest BCUT2D eigenvalue weighted by Gasteiger charge is 2.27. The number of likely N-dealkylation sites (tertiary alicyclic amines) is 1. The summed E-state index contributed by atoms with van der Waals surface area (Å²) in [7, 11) is 1.92. The lowest BCUT2D eigenvalue weighted by molar-refractivity contribution is -0.134. The molecule has 1 saturated heterocycles. The molecule has 2 N–H and O–H groups in total. The van der Waals surface area contributed by atoms with Crippen molar-refractivity contribution in [1.29, 1.82) is 0 Å². The van der Waals surface area contributed by atoms with Crippen molar-refractivity contribution in [1.82, 2.24) is 15.5 Å². The Morgan fingerprint density at radius 2 is 2.24 bits per heavy atom. The van der Waals surface area contributed by atoms with Crippen molar-refractivity contribution in [3.63, 3.8) is 0 Å². The molecule has 1 aliphatic rings. The first-order valence-electron chi connectivity index (χ1n) is 6.92. The van der Waals surface area contributed by atoms with Crippen molar-refractivity contribution >= 4 is 35.6 Å². The predicted molar refractivity (Wildman–Crippen MR) is 87.2 cm³/mol. The Morgan fingerprint density at radius 1 is 1.48 bits per heavy atom. The number of hydrogen-bond acceptors (Lipinski definition) is 4. The summed E-state index contributed by atoms with van der Waals surface area (Å²) in [6.07, 6.45) is 2.10. The maximum Gasteiger partial charge on any atom is 0.261 e. The van der Waals surface area contributed by atoms with Crippen LogP contribution in [0, 0.1) is 0 Å². The molecule has 0 aliphatic carbocycles. The van der Waals surface area contributed by atoms with E-state index in [-0.39, 0.29) is 24.2 Å². The number of carbonyl (C=O) groups is 2. The molecule has 5 nitrogen and oxygen atoms in total. The zero-order valence-electron chi connectivity index (χ0n) is 12.3. The van der Waals surface area contributed by atoms with Crippen LogP contribution in [0.3, 0.4) is 0 Å². The van der Waals surface area contributed by atoms with Gasteiger partial charge in [0.15, 0.2) is 0 Å². The fourth-order valence-corrected chi connectivity index (χ4v) is 3.05. The summed E-state index contributed by atoms with van der Waals surface area (Å²) in [5.41, 5.74) is 0. The molecule has 1 aromatic rings. The molecule has 2 unspecified atom stereocenters. The van der Waals surface area contributed by atoms with Crippen LogP contribution in [0.2, 0.25) is 0 Å². The van der Waals surface area contributed by atoms with Gasteiger partial charge >= 0.3 is 0 Å². The van der Waals surface area contributed by atoms with Gasteiger partial charge in [-0.3, -0.25) is 9.59 Å². The number of nitrogens with zero attached hydrogens (tertiary/aromatic N) is 1. The Kier molecular flexibility index (Phi) is 7.14. The maximum absolute atomic E-state index is 12.4. The minimum atomic E-state index is -0.486. The molecule has 1 fully saturated rings. The molecular weight excluding hydrogens is 310 g/mol. The Morgan fingerprint density at radius 3 is 2.86 bits per heavy atom. The van der Waals surface area contributed by atoms with E-state index in [1.165, 1.54) is 11.3 Å². The Balaban J connectivity index is 0.00000220. The summed E-state index contributed by atoms with van der Waals surface area (Å²) in [4.78, 5) is 26.8. The van der Waals surface area contributed by atoms with Crippen molar-refractivity contribution in [2.75, 3.05) is 20.1 Å². The molecule has 2 heterocycles. The van der Waals surface area contributed by atoms with Crippen LogP contribution >= 0.6 is 23.7 Å². The van der Waals surface area contributed by atoms with Crippen LogP contribution in [-0.4, -0.2) is 48.9 Å². The first kappa shape index (κ1) is 17.9. The van der Waals surface area contributed by atoms with Gasteiger partial charge in [-0.25, -0.2) is 0 Å². The number of thiophene rings is 1. The van der Waals surface area contributed by atoms with E-state index in [0.717, 1.165) is 19.4 Å². The molecule has 21 heavy (non-hydrogen) atoms. The number of likely N-dealkylation sites (N-methyl/N-ethyl adjacent to an activating group) is 1. The highest BCUT2D eigenvalue weighted by molar-refractivity contribution is 7.12. The van der Waals surface area contributed by atoms with Crippen LogP contribution in [0.5, 0.6) is 0 Å². The summed E-state index contributed by atoms with van der Waals surface area (Å²) < 4.78 is 0. The van der Waals surface area contributed by atoms with Crippen LogP contribution in [0.4, 0.5) is 0 Å². The average Bonchev–Trinajstić information content (AvgIpc) is 3.00. The van der Waals surface area contributed by atoms with Crippen molar-refractivity contribution in [3.05, 3.63) is 22.4 Å². The van der Waals surface area contributed by atoms with E-state index in [1.54, 1.807) is 13.0 Å². The molecule has 0 aromatic carbocycles. The van der Waals surface area contributed by atoms with Crippen molar-refractivity contribution in [3.8, 4) is 0 Å². The summed E-state index contributed by atoms with van der Waals surface area (Å²) in [5.74, 6) is -0.183. The first-order valence-corrected chi connectivity index (χ1v) is 7.80. The van der Waals surface area contributed by atoms with Gasteiger partial charge in [0.1, 0.15) is 6.04 Å². The van der Waals surface area contributed by atoms with E-state index in [2.05, 4.69) is 10.6 Å². The monoisotopic (exact) mass is 331 g/mol. The fourth-order valence-electron chi connectivity index (χ4n) is 2.42. The van der Waals surface area contributed by atoms with Gasteiger partial charge in [0.2, 0.25) is 5.91 Å². The third-order valence-corrected chi connectivity index (χ3v) is 4.47. The number of rotatable bonds is 4. The number of hydrogen-bond donors (Lipinski definition) is 2. The Labute approximate surface area is 135 Å². The second kappa shape index (κ2) is 8.36. The first-order chi connectivity index (χ1) is 9.61. The molecule has 2 atom stereocenters. The minimum Gasteiger partial charge on any atom is -0.340 e. The number of amides is 2. The van der Waals surface area contributed by atoms with E-state index in [4.69, 9.17) is 0 Å². The average molecular weight is 332 g/mol. The SMILES string of the molecule is CNC1CCCN(C(=O)C(C)NC(=O)c2cccs2)C1.Cl. The molecule has 0 saturated carbocycles. The van der Waals surface area contributed by atoms with Crippen LogP contribution in [0.25, 0.3) is 0 Å². The fraction of sp³-hybridized carbons (Fsp3) is 0.571. The zero-order valence-corrected chi connectivity index (χ0v) is 13.9. The van der Waals surface area contributed by atoms with E-state index < -0.39 is 6.04 Å². The van der Waals surface area contributed by atoms with Crippen molar-refractivity contribution < 1.29 is 9.59 Å².